The first-order valence-electron chi connectivity index (χ1n) is 2.66. The molecule has 0 spiro atoms. The fraction of sp³-hybridized carbons (Fsp3) is 0. The van der Waals surface area contributed by atoms with Gasteiger partial charge in [0.2, 0.25) is 0 Å². The van der Waals surface area contributed by atoms with E-state index in [0.717, 1.165) is 13.8 Å². The van der Waals surface area contributed by atoms with Crippen LogP contribution in [-0.4, -0.2) is 4.98 Å². The molecule has 2 nitrogen and oxygen atoms in total. The van der Waals surface area contributed by atoms with Gasteiger partial charge in [-0.3, -0.25) is 0 Å². The normalized spacial score (nSPS) is 14.1. The SMILES string of the molecule is Clc1nc2c(c(Cl)c1Cl)N=P2. The van der Waals surface area contributed by atoms with Gasteiger partial charge in [-0.2, -0.15) is 0 Å². The van der Waals surface area contributed by atoms with Crippen molar-refractivity contribution < 1.29 is 0 Å². The van der Waals surface area contributed by atoms with Crippen LogP contribution in [0.15, 0.2) is 4.74 Å². The Morgan fingerprint density at radius 1 is 1.09 bits per heavy atom. The van der Waals surface area contributed by atoms with E-state index in [1.54, 1.807) is 0 Å². The third kappa shape index (κ3) is 1.06. The molecule has 2 heterocycles. The number of halogens is 3. The van der Waals surface area contributed by atoms with Crippen molar-refractivity contribution >= 4 is 54.3 Å². The van der Waals surface area contributed by atoms with Gasteiger partial charge in [0.25, 0.3) is 0 Å². The van der Waals surface area contributed by atoms with Gasteiger partial charge in [-0.1, -0.05) is 34.8 Å². The highest BCUT2D eigenvalue weighted by molar-refractivity contribution is 7.39. The molecule has 0 aromatic carbocycles. The molecule has 0 amide bonds. The number of fused-ring (bicyclic) bond motifs is 1. The lowest BCUT2D eigenvalue weighted by atomic mass is 10.4. The van der Waals surface area contributed by atoms with E-state index in [1.165, 1.54) is 0 Å². The molecule has 0 bridgehead atoms. The monoisotopic (exact) mass is 224 g/mol. The molecule has 0 atom stereocenters. The van der Waals surface area contributed by atoms with Crippen LogP contribution in [0.1, 0.15) is 0 Å². The Hall–Kier alpha value is 0.120. The molecule has 1 aromatic heterocycles. The molecule has 2 rings (SSSR count). The van der Waals surface area contributed by atoms with Gasteiger partial charge in [-0.05, 0) is 0 Å². The van der Waals surface area contributed by atoms with Crippen LogP contribution in [0.2, 0.25) is 15.2 Å². The zero-order valence-corrected chi connectivity index (χ0v) is 8.14. The van der Waals surface area contributed by atoms with Crippen LogP contribution in [-0.2, 0) is 0 Å². The highest BCUT2D eigenvalue weighted by atomic mass is 35.5. The molecule has 0 aliphatic carbocycles. The van der Waals surface area contributed by atoms with Crippen LogP contribution in [0.5, 0.6) is 0 Å². The van der Waals surface area contributed by atoms with Crippen LogP contribution >= 0.6 is 43.2 Å². The van der Waals surface area contributed by atoms with Gasteiger partial charge in [-0.15, -0.1) is 0 Å². The lowest BCUT2D eigenvalue weighted by Gasteiger charge is -2.09. The number of nitrogens with zero attached hydrogens (tertiary/aromatic N) is 2. The smallest absolute Gasteiger partial charge is 0.150 e. The summed E-state index contributed by atoms with van der Waals surface area (Å²) in [7, 11) is 0.811. The third-order valence-corrected chi connectivity index (χ3v) is 3.25. The molecule has 56 valence electrons. The van der Waals surface area contributed by atoms with Crippen molar-refractivity contribution in [1.82, 2.24) is 4.98 Å². The van der Waals surface area contributed by atoms with Crippen LogP contribution in [0.25, 0.3) is 0 Å². The Bertz CT molecular complexity index is 363. The Labute approximate surface area is 79.4 Å². The van der Waals surface area contributed by atoms with Crippen molar-refractivity contribution in [2.75, 3.05) is 0 Å². The Morgan fingerprint density at radius 2 is 1.82 bits per heavy atom. The molecule has 0 fully saturated rings. The lowest BCUT2D eigenvalue weighted by Crippen LogP contribution is -2.05. The summed E-state index contributed by atoms with van der Waals surface area (Å²) in [6.07, 6.45) is 0. The van der Waals surface area contributed by atoms with E-state index in [0.29, 0.717) is 10.7 Å². The first kappa shape index (κ1) is 7.75. The molecule has 0 N–H and O–H groups in total. The lowest BCUT2D eigenvalue weighted by molar-refractivity contribution is 1.35. The van der Waals surface area contributed by atoms with E-state index in [1.807, 2.05) is 0 Å². The standard InChI is InChI=1S/C5Cl3N2P/c6-1-2(7)4(8)9-5-3(1)10-11-5. The van der Waals surface area contributed by atoms with Crippen molar-refractivity contribution in [2.24, 2.45) is 4.74 Å². The summed E-state index contributed by atoms with van der Waals surface area (Å²) in [5.41, 5.74) is 1.46. The summed E-state index contributed by atoms with van der Waals surface area (Å²) in [5, 5.41) is 0.934. The Morgan fingerprint density at radius 3 is 2.36 bits per heavy atom. The summed E-state index contributed by atoms with van der Waals surface area (Å²) in [4.78, 5) is 3.96. The molecule has 0 saturated heterocycles. The molecule has 11 heavy (non-hydrogen) atoms. The zero-order valence-electron chi connectivity index (χ0n) is 4.98. The van der Waals surface area contributed by atoms with Crippen LogP contribution < -0.4 is 5.44 Å². The van der Waals surface area contributed by atoms with E-state index in [4.69, 9.17) is 34.8 Å². The number of rotatable bonds is 0. The average molecular weight is 225 g/mol. The first-order valence-corrected chi connectivity index (χ1v) is 4.64. The van der Waals surface area contributed by atoms with Gasteiger partial charge in [0.05, 0.1) is 18.4 Å². The number of hydrogen-bond acceptors (Lipinski definition) is 2. The highest BCUT2D eigenvalue weighted by Crippen LogP contribution is 2.41. The summed E-state index contributed by atoms with van der Waals surface area (Å²) in [5.74, 6) is 0. The van der Waals surface area contributed by atoms with Gasteiger partial charge >= 0.3 is 0 Å². The highest BCUT2D eigenvalue weighted by Gasteiger charge is 2.19. The Balaban J connectivity index is 2.74. The van der Waals surface area contributed by atoms with Gasteiger partial charge in [-0.25, -0.2) is 9.73 Å². The Kier molecular flexibility index (Phi) is 1.81. The van der Waals surface area contributed by atoms with Crippen molar-refractivity contribution in [3.8, 4) is 0 Å². The minimum absolute atomic E-state index is 0.248. The third-order valence-electron chi connectivity index (χ3n) is 1.24. The van der Waals surface area contributed by atoms with E-state index in [-0.39, 0.29) is 10.2 Å². The molecule has 0 radical (unpaired) electrons. The van der Waals surface area contributed by atoms with E-state index in [9.17, 15) is 0 Å². The zero-order chi connectivity index (χ0) is 8.01. The molecule has 1 aliphatic heterocycles. The van der Waals surface area contributed by atoms with E-state index in [2.05, 4.69) is 9.73 Å². The molecular formula is C5Cl3N2P. The maximum atomic E-state index is 5.78. The largest absolute Gasteiger partial charge is 0.226 e. The molecule has 1 aliphatic rings. The fourth-order valence-electron chi connectivity index (χ4n) is 0.699. The van der Waals surface area contributed by atoms with Crippen LogP contribution in [0.4, 0.5) is 5.69 Å². The minimum Gasteiger partial charge on any atom is -0.226 e. The van der Waals surface area contributed by atoms with E-state index >= 15 is 0 Å². The molecular weight excluding hydrogens is 225 g/mol. The fourth-order valence-corrected chi connectivity index (χ4v) is 2.11. The average Bonchev–Trinajstić information content (AvgIpc) is 1.93. The van der Waals surface area contributed by atoms with Crippen molar-refractivity contribution in [2.45, 2.75) is 0 Å². The molecule has 0 unspecified atom stereocenters. The quantitative estimate of drug-likeness (QED) is 0.498. The second-order valence-electron chi connectivity index (χ2n) is 1.90. The summed E-state index contributed by atoms with van der Waals surface area (Å²) < 4.78 is 3.97. The van der Waals surface area contributed by atoms with Crippen LogP contribution in [0.3, 0.4) is 0 Å². The second kappa shape index (κ2) is 2.56. The maximum absolute atomic E-state index is 5.78. The van der Waals surface area contributed by atoms with Crippen molar-refractivity contribution in [3.05, 3.63) is 15.2 Å². The molecule has 6 heteroatoms. The van der Waals surface area contributed by atoms with Crippen LogP contribution in [0, 0.1) is 0 Å². The van der Waals surface area contributed by atoms with Crippen molar-refractivity contribution in [1.29, 1.82) is 0 Å². The number of hydrogen-bond donors (Lipinski definition) is 0. The predicted molar refractivity (Wildman–Crippen MR) is 47.9 cm³/mol. The topological polar surface area (TPSA) is 25.2 Å². The molecule has 1 aromatic rings. The number of pyridine rings is 1. The van der Waals surface area contributed by atoms with Gasteiger partial charge in [0, 0.05) is 0 Å². The van der Waals surface area contributed by atoms with Gasteiger partial charge in [0.15, 0.2) is 5.15 Å². The second-order valence-corrected chi connectivity index (χ2v) is 3.84. The minimum atomic E-state index is 0.248. The summed E-state index contributed by atoms with van der Waals surface area (Å²) in [6.45, 7) is 0. The molecule has 0 saturated carbocycles. The number of aromatic nitrogens is 1. The summed E-state index contributed by atoms with van der Waals surface area (Å²) >= 11 is 17.1. The first-order chi connectivity index (χ1) is 5.20. The van der Waals surface area contributed by atoms with Gasteiger partial charge < -0.3 is 0 Å². The van der Waals surface area contributed by atoms with E-state index < -0.39 is 0 Å². The van der Waals surface area contributed by atoms with Crippen molar-refractivity contribution in [3.63, 3.8) is 0 Å². The maximum Gasteiger partial charge on any atom is 0.150 e. The predicted octanol–water partition coefficient (Wildman–Crippen LogP) is 3.44. The van der Waals surface area contributed by atoms with Gasteiger partial charge in [0.1, 0.15) is 11.1 Å². The summed E-state index contributed by atoms with van der Waals surface area (Å²) in [6, 6.07) is 0.